The van der Waals surface area contributed by atoms with E-state index in [1.807, 2.05) is 18.4 Å². The molecule has 1 heterocycles. The monoisotopic (exact) mass is 424 g/mol. The fourth-order valence-corrected chi connectivity index (χ4v) is 4.56. The molecule has 0 aliphatic heterocycles. The molecular weight excluding hydrogens is 399 g/mol. The first-order valence-corrected chi connectivity index (χ1v) is 11.4. The molecule has 2 rings (SSSR count). The minimum Gasteiger partial charge on any atom is -0.332 e. The van der Waals surface area contributed by atoms with E-state index in [0.717, 1.165) is 20.3 Å². The van der Waals surface area contributed by atoms with Gasteiger partial charge < -0.3 is 4.90 Å². The molecule has 0 N–H and O–H groups in total. The molecule has 28 heavy (non-hydrogen) atoms. The van der Waals surface area contributed by atoms with Gasteiger partial charge in [-0.25, -0.2) is 12.8 Å². The Kier molecular flexibility index (Phi) is 7.91. The molecule has 1 aromatic heterocycles. The summed E-state index contributed by atoms with van der Waals surface area (Å²) in [4.78, 5) is 15.7. The van der Waals surface area contributed by atoms with Crippen LogP contribution in [0.3, 0.4) is 0 Å². The summed E-state index contributed by atoms with van der Waals surface area (Å²) in [6.45, 7) is 7.55. The van der Waals surface area contributed by atoms with Gasteiger partial charge in [0.25, 0.3) is 0 Å². The highest BCUT2D eigenvalue weighted by atomic mass is 32.2. The van der Waals surface area contributed by atoms with Crippen molar-refractivity contribution in [1.29, 1.82) is 0 Å². The fraction of sp³-hybridized carbons (Fsp3) is 0.350. The molecular formula is C20H25FN2O3S2. The van der Waals surface area contributed by atoms with Gasteiger partial charge in [-0.05, 0) is 48.6 Å². The number of carbonyl (C=O) groups is 1. The van der Waals surface area contributed by atoms with Gasteiger partial charge in [-0.1, -0.05) is 18.2 Å². The Morgan fingerprint density at radius 3 is 2.43 bits per heavy atom. The molecule has 0 atom stereocenters. The highest BCUT2D eigenvalue weighted by Crippen LogP contribution is 2.20. The van der Waals surface area contributed by atoms with Crippen LogP contribution < -0.4 is 0 Å². The maximum Gasteiger partial charge on any atom is 0.238 e. The summed E-state index contributed by atoms with van der Waals surface area (Å²) < 4.78 is 38.9. The first-order chi connectivity index (χ1) is 13.3. The second kappa shape index (κ2) is 9.95. The molecule has 5 nitrogen and oxygen atoms in total. The molecule has 2 aromatic rings. The minimum absolute atomic E-state index is 0.0737. The van der Waals surface area contributed by atoms with Gasteiger partial charge >= 0.3 is 0 Å². The van der Waals surface area contributed by atoms with Gasteiger partial charge in [0.2, 0.25) is 15.9 Å². The topological polar surface area (TPSA) is 57.7 Å². The summed E-state index contributed by atoms with van der Waals surface area (Å²) in [5.74, 6) is -0.742. The van der Waals surface area contributed by atoms with Crippen LogP contribution in [0.5, 0.6) is 0 Å². The van der Waals surface area contributed by atoms with Gasteiger partial charge in [-0.2, -0.15) is 4.31 Å². The molecule has 1 aromatic carbocycles. The predicted octanol–water partition coefficient (Wildman–Crippen LogP) is 3.56. The third-order valence-electron chi connectivity index (χ3n) is 4.34. The number of rotatable bonds is 10. The standard InChI is InChI=1S/C20H25FN2O3S2/c1-4-11-23(28(25,26)5-2)15-20(24)22(14-19-16(3)10-12-27-19)13-17-6-8-18(21)9-7-17/h4,6-10,12H,1,5,11,13-15H2,2-3H3. The van der Waals surface area contributed by atoms with Crippen LogP contribution in [0, 0.1) is 12.7 Å². The molecule has 0 spiro atoms. The fourth-order valence-electron chi connectivity index (χ4n) is 2.64. The first kappa shape index (κ1) is 22.3. The number of halogens is 1. The quantitative estimate of drug-likeness (QED) is 0.548. The Morgan fingerprint density at radius 2 is 1.89 bits per heavy atom. The number of hydrogen-bond donors (Lipinski definition) is 0. The summed E-state index contributed by atoms with van der Waals surface area (Å²) in [5.41, 5.74) is 1.85. The molecule has 152 valence electrons. The largest absolute Gasteiger partial charge is 0.332 e. The van der Waals surface area contributed by atoms with Crippen LogP contribution in [0.25, 0.3) is 0 Å². The van der Waals surface area contributed by atoms with Crippen LogP contribution >= 0.6 is 11.3 Å². The van der Waals surface area contributed by atoms with Crippen LogP contribution in [0.2, 0.25) is 0 Å². The van der Waals surface area contributed by atoms with Crippen molar-refractivity contribution >= 4 is 27.3 Å². The third kappa shape index (κ3) is 5.98. The van der Waals surface area contributed by atoms with Gasteiger partial charge in [-0.3, -0.25) is 4.79 Å². The van der Waals surface area contributed by atoms with Crippen molar-refractivity contribution in [3.63, 3.8) is 0 Å². The zero-order chi connectivity index (χ0) is 20.7. The van der Waals surface area contributed by atoms with Crippen molar-refractivity contribution in [3.05, 3.63) is 70.2 Å². The number of thiophene rings is 1. The van der Waals surface area contributed by atoms with E-state index >= 15 is 0 Å². The molecule has 0 fully saturated rings. The summed E-state index contributed by atoms with van der Waals surface area (Å²) in [5, 5.41) is 1.96. The first-order valence-electron chi connectivity index (χ1n) is 8.90. The van der Waals surface area contributed by atoms with Crippen LogP contribution in [0.4, 0.5) is 4.39 Å². The molecule has 0 aliphatic carbocycles. The summed E-state index contributed by atoms with van der Waals surface area (Å²) in [7, 11) is -3.53. The lowest BCUT2D eigenvalue weighted by atomic mass is 10.2. The number of hydrogen-bond acceptors (Lipinski definition) is 4. The van der Waals surface area contributed by atoms with Crippen LogP contribution in [0.15, 0.2) is 48.4 Å². The molecule has 0 aliphatic rings. The predicted molar refractivity (Wildman–Crippen MR) is 111 cm³/mol. The summed E-state index contributed by atoms with van der Waals surface area (Å²) in [6, 6.07) is 7.92. The maximum absolute atomic E-state index is 13.2. The number of benzene rings is 1. The van der Waals surface area contributed by atoms with Crippen molar-refractivity contribution in [2.75, 3.05) is 18.8 Å². The van der Waals surface area contributed by atoms with Crippen LogP contribution in [0.1, 0.15) is 22.9 Å². The van der Waals surface area contributed by atoms with Crippen molar-refractivity contribution in [2.24, 2.45) is 0 Å². The SMILES string of the molecule is C=CCN(CC(=O)N(Cc1ccc(F)cc1)Cc1sccc1C)S(=O)(=O)CC. The van der Waals surface area contributed by atoms with Gasteiger partial charge in [-0.15, -0.1) is 17.9 Å². The molecule has 0 radical (unpaired) electrons. The van der Waals surface area contributed by atoms with E-state index < -0.39 is 10.0 Å². The van der Waals surface area contributed by atoms with E-state index in [9.17, 15) is 17.6 Å². The van der Waals surface area contributed by atoms with Crippen LogP contribution in [-0.2, 0) is 27.9 Å². The molecule has 8 heteroatoms. The van der Waals surface area contributed by atoms with E-state index in [0.29, 0.717) is 6.54 Å². The average molecular weight is 425 g/mol. The average Bonchev–Trinajstić information content (AvgIpc) is 3.07. The zero-order valence-corrected chi connectivity index (χ0v) is 17.7. The van der Waals surface area contributed by atoms with Gasteiger partial charge in [0.1, 0.15) is 5.82 Å². The normalized spacial score (nSPS) is 11.6. The van der Waals surface area contributed by atoms with Crippen molar-refractivity contribution in [1.82, 2.24) is 9.21 Å². The molecule has 0 saturated carbocycles. The van der Waals surface area contributed by atoms with Gasteiger partial charge in [0.05, 0.1) is 18.8 Å². The number of amides is 1. The van der Waals surface area contributed by atoms with E-state index in [1.54, 1.807) is 35.3 Å². The number of carbonyl (C=O) groups excluding carboxylic acids is 1. The second-order valence-electron chi connectivity index (χ2n) is 6.38. The molecule has 0 bridgehead atoms. The Bertz CT molecular complexity index is 908. The lowest BCUT2D eigenvalue weighted by molar-refractivity contribution is -0.132. The molecule has 0 unspecified atom stereocenters. The van der Waals surface area contributed by atoms with E-state index in [4.69, 9.17) is 0 Å². The smallest absolute Gasteiger partial charge is 0.238 e. The van der Waals surface area contributed by atoms with Gasteiger partial charge in [0, 0.05) is 18.0 Å². The Balaban J connectivity index is 2.25. The Labute approximate surface area is 170 Å². The number of nitrogens with zero attached hydrogens (tertiary/aromatic N) is 2. The summed E-state index contributed by atoms with van der Waals surface area (Å²) >= 11 is 1.55. The second-order valence-corrected chi connectivity index (χ2v) is 9.64. The van der Waals surface area contributed by atoms with E-state index in [1.165, 1.54) is 18.2 Å². The van der Waals surface area contributed by atoms with Gasteiger partial charge in [0.15, 0.2) is 0 Å². The highest BCUT2D eigenvalue weighted by molar-refractivity contribution is 7.89. The van der Waals surface area contributed by atoms with Crippen LogP contribution in [-0.4, -0.2) is 42.4 Å². The Hall–Kier alpha value is -2.03. The van der Waals surface area contributed by atoms with Crippen molar-refractivity contribution < 1.29 is 17.6 Å². The molecule has 0 saturated heterocycles. The van der Waals surface area contributed by atoms with Crippen molar-refractivity contribution in [3.8, 4) is 0 Å². The lowest BCUT2D eigenvalue weighted by Crippen LogP contribution is -2.43. The third-order valence-corrected chi connectivity index (χ3v) is 7.15. The lowest BCUT2D eigenvalue weighted by Gasteiger charge is -2.26. The number of sulfonamides is 1. The van der Waals surface area contributed by atoms with E-state index in [-0.39, 0.29) is 37.1 Å². The summed E-state index contributed by atoms with van der Waals surface area (Å²) in [6.07, 6.45) is 1.47. The van der Waals surface area contributed by atoms with E-state index in [2.05, 4.69) is 6.58 Å². The highest BCUT2D eigenvalue weighted by Gasteiger charge is 2.25. The zero-order valence-electron chi connectivity index (χ0n) is 16.1. The number of aryl methyl sites for hydroxylation is 1. The Morgan fingerprint density at radius 1 is 1.21 bits per heavy atom. The van der Waals surface area contributed by atoms with Crippen molar-refractivity contribution in [2.45, 2.75) is 26.9 Å². The maximum atomic E-state index is 13.2. The molecule has 1 amide bonds. The minimum atomic E-state index is -3.53.